The molecule has 0 aliphatic carbocycles. The van der Waals surface area contributed by atoms with Crippen LogP contribution in [0.15, 0.2) is 35.3 Å². The Morgan fingerprint density at radius 3 is 2.52 bits per heavy atom. The number of carbonyl (C=O) groups is 1. The summed E-state index contributed by atoms with van der Waals surface area (Å²) in [5, 5.41) is 6.10. The Morgan fingerprint density at radius 2 is 1.90 bits per heavy atom. The quantitative estimate of drug-likeness (QED) is 0.533. The third kappa shape index (κ3) is 6.73. The highest BCUT2D eigenvalue weighted by Crippen LogP contribution is 2.21. The Bertz CT molecular complexity index is 802. The van der Waals surface area contributed by atoms with Gasteiger partial charge in [-0.3, -0.25) is 9.79 Å². The van der Waals surface area contributed by atoms with Gasteiger partial charge in [0.15, 0.2) is 15.8 Å². The van der Waals surface area contributed by atoms with Crippen molar-refractivity contribution in [1.82, 2.24) is 15.5 Å². The summed E-state index contributed by atoms with van der Waals surface area (Å²) in [5.41, 5.74) is 1.40. The number of benzene rings is 1. The number of piperidine rings is 1. The second-order valence-electron chi connectivity index (χ2n) is 8.01. The number of likely N-dealkylation sites (tertiary alicyclic amines) is 1. The molecule has 1 unspecified atom stereocenters. The van der Waals surface area contributed by atoms with E-state index in [1.165, 1.54) is 5.56 Å². The van der Waals surface area contributed by atoms with Crippen LogP contribution >= 0.6 is 0 Å². The molecule has 160 valence electrons. The van der Waals surface area contributed by atoms with Gasteiger partial charge in [-0.25, -0.2) is 8.42 Å². The summed E-state index contributed by atoms with van der Waals surface area (Å²) in [4.78, 5) is 18.7. The number of hydrogen-bond acceptors (Lipinski definition) is 4. The summed E-state index contributed by atoms with van der Waals surface area (Å²) >= 11 is 0. The zero-order valence-electron chi connectivity index (χ0n) is 17.1. The zero-order chi connectivity index (χ0) is 20.7. The van der Waals surface area contributed by atoms with E-state index >= 15 is 0 Å². The van der Waals surface area contributed by atoms with Gasteiger partial charge in [-0.2, -0.15) is 0 Å². The first-order valence-corrected chi connectivity index (χ1v) is 12.3. The van der Waals surface area contributed by atoms with Gasteiger partial charge in [-0.15, -0.1) is 0 Å². The smallest absolute Gasteiger partial charge is 0.222 e. The van der Waals surface area contributed by atoms with E-state index in [1.807, 2.05) is 0 Å². The zero-order valence-corrected chi connectivity index (χ0v) is 18.0. The molecule has 7 nitrogen and oxygen atoms in total. The van der Waals surface area contributed by atoms with Crippen LogP contribution < -0.4 is 10.6 Å². The Morgan fingerprint density at radius 1 is 1.17 bits per heavy atom. The van der Waals surface area contributed by atoms with Gasteiger partial charge in [-0.1, -0.05) is 30.3 Å². The highest BCUT2D eigenvalue weighted by molar-refractivity contribution is 7.91. The fraction of sp³-hybridized carbons (Fsp3) is 0.619. The number of hydrogen-bond donors (Lipinski definition) is 2. The molecule has 2 saturated heterocycles. The minimum Gasteiger partial charge on any atom is -0.356 e. The minimum absolute atomic E-state index is 0.0613. The normalized spacial score (nSPS) is 22.4. The van der Waals surface area contributed by atoms with Gasteiger partial charge >= 0.3 is 0 Å². The van der Waals surface area contributed by atoms with Crippen molar-refractivity contribution < 1.29 is 13.2 Å². The molecule has 3 rings (SSSR count). The van der Waals surface area contributed by atoms with E-state index in [-0.39, 0.29) is 23.5 Å². The Balaban J connectivity index is 1.36. The van der Waals surface area contributed by atoms with Crippen LogP contribution in [0.2, 0.25) is 0 Å². The third-order valence-corrected chi connectivity index (χ3v) is 7.49. The van der Waals surface area contributed by atoms with Crippen molar-refractivity contribution in [2.24, 2.45) is 10.9 Å². The topological polar surface area (TPSA) is 90.9 Å². The van der Waals surface area contributed by atoms with Crippen LogP contribution in [0.3, 0.4) is 0 Å². The van der Waals surface area contributed by atoms with Crippen molar-refractivity contribution in [2.75, 3.05) is 38.2 Å². The molecule has 0 bridgehead atoms. The van der Waals surface area contributed by atoms with Crippen LogP contribution in [0.1, 0.15) is 31.2 Å². The molecule has 1 amide bonds. The SMILES string of the molecule is CN=C(NCCC(=O)NC1CCS(=O)(=O)C1)N1CCC(Cc2ccccc2)CC1. The maximum Gasteiger partial charge on any atom is 0.222 e. The first-order chi connectivity index (χ1) is 13.9. The van der Waals surface area contributed by atoms with Crippen molar-refractivity contribution >= 4 is 21.7 Å². The van der Waals surface area contributed by atoms with Gasteiger partial charge in [0.1, 0.15) is 0 Å². The summed E-state index contributed by atoms with van der Waals surface area (Å²) in [7, 11) is -1.21. The van der Waals surface area contributed by atoms with Gasteiger partial charge in [0, 0.05) is 39.1 Å². The van der Waals surface area contributed by atoms with Gasteiger partial charge < -0.3 is 15.5 Å². The van der Waals surface area contributed by atoms with Crippen LogP contribution in [-0.4, -0.2) is 69.4 Å². The molecule has 0 spiro atoms. The van der Waals surface area contributed by atoms with Gasteiger partial charge in [-0.05, 0) is 37.2 Å². The lowest BCUT2D eigenvalue weighted by molar-refractivity contribution is -0.121. The minimum atomic E-state index is -2.97. The van der Waals surface area contributed by atoms with Crippen molar-refractivity contribution in [3.8, 4) is 0 Å². The Labute approximate surface area is 173 Å². The molecule has 8 heteroatoms. The van der Waals surface area contributed by atoms with Crippen LogP contribution in [0.5, 0.6) is 0 Å². The summed E-state index contributed by atoms with van der Waals surface area (Å²) in [6.07, 6.45) is 4.21. The lowest BCUT2D eigenvalue weighted by Gasteiger charge is -2.34. The number of sulfone groups is 1. The first kappa shape index (κ1) is 21.6. The molecule has 2 aliphatic heterocycles. The van der Waals surface area contributed by atoms with E-state index in [2.05, 4.69) is 50.9 Å². The summed E-state index contributed by atoms with van der Waals surface area (Å²) in [5.74, 6) is 1.64. The largest absolute Gasteiger partial charge is 0.356 e. The number of amides is 1. The Hall–Kier alpha value is -2.09. The van der Waals surface area contributed by atoms with Crippen LogP contribution in [0, 0.1) is 5.92 Å². The first-order valence-electron chi connectivity index (χ1n) is 10.4. The molecule has 2 N–H and O–H groups in total. The predicted molar refractivity (Wildman–Crippen MR) is 116 cm³/mol. The van der Waals surface area contributed by atoms with E-state index in [4.69, 9.17) is 0 Å². The lowest BCUT2D eigenvalue weighted by atomic mass is 9.90. The number of aliphatic imine (C=N–C) groups is 1. The highest BCUT2D eigenvalue weighted by atomic mass is 32.2. The van der Waals surface area contributed by atoms with Crippen LogP contribution in [-0.2, 0) is 21.1 Å². The summed E-state index contributed by atoms with van der Waals surface area (Å²) in [6, 6.07) is 10.4. The molecule has 2 heterocycles. The van der Waals surface area contributed by atoms with Crippen molar-refractivity contribution in [3.63, 3.8) is 0 Å². The molecule has 1 atom stereocenters. The van der Waals surface area contributed by atoms with E-state index in [1.54, 1.807) is 7.05 Å². The number of nitrogens with zero attached hydrogens (tertiary/aromatic N) is 2. The fourth-order valence-electron chi connectivity index (χ4n) is 4.13. The second-order valence-corrected chi connectivity index (χ2v) is 10.2. The van der Waals surface area contributed by atoms with Crippen LogP contribution in [0.25, 0.3) is 0 Å². The monoisotopic (exact) mass is 420 g/mol. The average Bonchev–Trinajstić information content (AvgIpc) is 3.05. The second kappa shape index (κ2) is 10.1. The Kier molecular flexibility index (Phi) is 7.52. The molecule has 1 aromatic carbocycles. The molecule has 1 aromatic rings. The van der Waals surface area contributed by atoms with Crippen molar-refractivity contribution in [3.05, 3.63) is 35.9 Å². The fourth-order valence-corrected chi connectivity index (χ4v) is 5.80. The number of guanidine groups is 1. The number of rotatable bonds is 6. The molecule has 2 fully saturated rings. The molecular weight excluding hydrogens is 388 g/mol. The molecular formula is C21H32N4O3S. The molecule has 0 aromatic heterocycles. The standard InChI is InChI=1S/C21H32N4O3S/c1-22-21(23-11-7-20(26)24-19-10-14-29(27,28)16-19)25-12-8-18(9-13-25)15-17-5-3-2-4-6-17/h2-6,18-19H,7-16H2,1H3,(H,22,23)(H,24,26). The number of nitrogens with one attached hydrogen (secondary N) is 2. The van der Waals surface area contributed by atoms with E-state index in [9.17, 15) is 13.2 Å². The number of carbonyl (C=O) groups excluding carboxylic acids is 1. The van der Waals surface area contributed by atoms with Crippen molar-refractivity contribution in [1.29, 1.82) is 0 Å². The molecule has 0 radical (unpaired) electrons. The maximum atomic E-state index is 12.1. The molecule has 29 heavy (non-hydrogen) atoms. The predicted octanol–water partition coefficient (Wildman–Crippen LogP) is 1.21. The van der Waals surface area contributed by atoms with E-state index in [0.29, 0.717) is 25.3 Å². The average molecular weight is 421 g/mol. The molecule has 0 saturated carbocycles. The lowest BCUT2D eigenvalue weighted by Crippen LogP contribution is -2.47. The maximum absolute atomic E-state index is 12.1. The van der Waals surface area contributed by atoms with Gasteiger partial charge in [0.25, 0.3) is 0 Å². The highest BCUT2D eigenvalue weighted by Gasteiger charge is 2.28. The summed E-state index contributed by atoms with van der Waals surface area (Å²) < 4.78 is 23.0. The van der Waals surface area contributed by atoms with Gasteiger partial charge in [0.05, 0.1) is 11.5 Å². The van der Waals surface area contributed by atoms with E-state index < -0.39 is 9.84 Å². The van der Waals surface area contributed by atoms with Crippen LogP contribution in [0.4, 0.5) is 0 Å². The molecule has 2 aliphatic rings. The van der Waals surface area contributed by atoms with Gasteiger partial charge in [0.2, 0.25) is 5.91 Å². The third-order valence-electron chi connectivity index (χ3n) is 5.73. The van der Waals surface area contributed by atoms with Crippen molar-refractivity contribution in [2.45, 2.75) is 38.1 Å². The van der Waals surface area contributed by atoms with E-state index in [0.717, 1.165) is 38.3 Å². The summed E-state index contributed by atoms with van der Waals surface area (Å²) in [6.45, 7) is 2.41.